The summed E-state index contributed by atoms with van der Waals surface area (Å²) in [5.41, 5.74) is 1.71. The van der Waals surface area contributed by atoms with E-state index in [0.717, 1.165) is 17.6 Å². The van der Waals surface area contributed by atoms with Crippen LogP contribution < -0.4 is 10.6 Å². The Hall–Kier alpha value is -0.540. The quantitative estimate of drug-likeness (QED) is 0.858. The third-order valence-corrected chi connectivity index (χ3v) is 3.49. The Balaban J connectivity index is 1.88. The van der Waals surface area contributed by atoms with Gasteiger partial charge in [0.15, 0.2) is 0 Å². The Bertz CT molecular complexity index is 334. The second-order valence-corrected chi connectivity index (χ2v) is 5.31. The molecule has 0 aromatic heterocycles. The van der Waals surface area contributed by atoms with Crippen LogP contribution in [0.2, 0.25) is 0 Å². The van der Waals surface area contributed by atoms with Crippen molar-refractivity contribution in [1.82, 2.24) is 5.32 Å². The minimum Gasteiger partial charge on any atom is -0.384 e. The van der Waals surface area contributed by atoms with Gasteiger partial charge < -0.3 is 10.6 Å². The number of hydrogen-bond donors (Lipinski definition) is 2. The minimum absolute atomic E-state index is 0.511. The second kappa shape index (κ2) is 4.54. The monoisotopic (exact) mass is 268 g/mol. The second-order valence-electron chi connectivity index (χ2n) is 4.39. The Morgan fingerprint density at radius 1 is 1.33 bits per heavy atom. The predicted octanol–water partition coefficient (Wildman–Crippen LogP) is 2.86. The first-order chi connectivity index (χ1) is 7.24. The highest BCUT2D eigenvalue weighted by atomic mass is 79.9. The highest BCUT2D eigenvalue weighted by Crippen LogP contribution is 2.44. The van der Waals surface area contributed by atoms with Crippen molar-refractivity contribution in [1.29, 1.82) is 0 Å². The van der Waals surface area contributed by atoms with E-state index in [2.05, 4.69) is 44.8 Å². The van der Waals surface area contributed by atoms with E-state index in [9.17, 15) is 0 Å². The molecule has 0 unspecified atom stereocenters. The van der Waals surface area contributed by atoms with Gasteiger partial charge in [0.1, 0.15) is 0 Å². The van der Waals surface area contributed by atoms with Crippen molar-refractivity contribution in [2.24, 2.45) is 5.41 Å². The molecule has 1 aliphatic carbocycles. The van der Waals surface area contributed by atoms with Crippen molar-refractivity contribution >= 4 is 21.6 Å². The van der Waals surface area contributed by atoms with E-state index in [4.69, 9.17) is 0 Å². The highest BCUT2D eigenvalue weighted by molar-refractivity contribution is 9.10. The molecule has 0 atom stereocenters. The largest absolute Gasteiger partial charge is 0.384 e. The van der Waals surface area contributed by atoms with Crippen molar-refractivity contribution in [2.45, 2.75) is 12.8 Å². The molecule has 1 saturated carbocycles. The molecule has 0 amide bonds. The number of benzene rings is 1. The zero-order valence-electron chi connectivity index (χ0n) is 9.02. The third kappa shape index (κ3) is 2.95. The molecule has 1 aromatic rings. The minimum atomic E-state index is 0.511. The lowest BCUT2D eigenvalue weighted by molar-refractivity contribution is 0.507. The lowest BCUT2D eigenvalue weighted by atomic mass is 10.1. The molecular formula is C12H17BrN2. The molecule has 0 radical (unpaired) electrons. The van der Waals surface area contributed by atoms with Gasteiger partial charge in [0.2, 0.25) is 0 Å². The summed E-state index contributed by atoms with van der Waals surface area (Å²) in [6, 6.07) is 8.34. The number of rotatable bonds is 5. The van der Waals surface area contributed by atoms with Gasteiger partial charge in [-0.3, -0.25) is 0 Å². The molecule has 0 heterocycles. The topological polar surface area (TPSA) is 24.1 Å². The van der Waals surface area contributed by atoms with E-state index in [1.165, 1.54) is 18.5 Å². The molecule has 2 N–H and O–H groups in total. The van der Waals surface area contributed by atoms with Gasteiger partial charge >= 0.3 is 0 Å². The standard InChI is InChI=1S/C12H17BrN2/c1-14-8-12(5-6-12)9-15-11-4-2-3-10(13)7-11/h2-4,7,14-15H,5-6,8-9H2,1H3. The van der Waals surface area contributed by atoms with Gasteiger partial charge in [-0.2, -0.15) is 0 Å². The van der Waals surface area contributed by atoms with Crippen LogP contribution in [0.5, 0.6) is 0 Å². The number of hydrogen-bond acceptors (Lipinski definition) is 2. The highest BCUT2D eigenvalue weighted by Gasteiger charge is 2.41. The molecule has 2 rings (SSSR count). The summed E-state index contributed by atoms with van der Waals surface area (Å²) >= 11 is 3.48. The van der Waals surface area contributed by atoms with Crippen LogP contribution in [0.3, 0.4) is 0 Å². The fourth-order valence-electron chi connectivity index (χ4n) is 1.86. The molecule has 2 nitrogen and oxygen atoms in total. The first-order valence-electron chi connectivity index (χ1n) is 5.38. The Morgan fingerprint density at radius 3 is 2.73 bits per heavy atom. The van der Waals surface area contributed by atoms with Crippen LogP contribution in [0, 0.1) is 5.41 Å². The smallest absolute Gasteiger partial charge is 0.0351 e. The average Bonchev–Trinajstić information content (AvgIpc) is 2.97. The maximum absolute atomic E-state index is 3.50. The number of anilines is 1. The molecule has 0 spiro atoms. The third-order valence-electron chi connectivity index (χ3n) is 3.00. The van der Waals surface area contributed by atoms with Gasteiger partial charge in [0, 0.05) is 28.7 Å². The van der Waals surface area contributed by atoms with Crippen molar-refractivity contribution in [3.63, 3.8) is 0 Å². The van der Waals surface area contributed by atoms with E-state index in [-0.39, 0.29) is 0 Å². The van der Waals surface area contributed by atoms with Gasteiger partial charge in [-0.15, -0.1) is 0 Å². The van der Waals surface area contributed by atoms with E-state index in [0.29, 0.717) is 5.41 Å². The number of halogens is 1. The van der Waals surface area contributed by atoms with Crippen LogP contribution >= 0.6 is 15.9 Å². The summed E-state index contributed by atoms with van der Waals surface area (Å²) in [5, 5.41) is 6.77. The summed E-state index contributed by atoms with van der Waals surface area (Å²) < 4.78 is 1.13. The fraction of sp³-hybridized carbons (Fsp3) is 0.500. The fourth-order valence-corrected chi connectivity index (χ4v) is 2.26. The zero-order chi connectivity index (χ0) is 10.7. The first-order valence-corrected chi connectivity index (χ1v) is 6.17. The maximum Gasteiger partial charge on any atom is 0.0351 e. The van der Waals surface area contributed by atoms with Crippen LogP contribution in [0.15, 0.2) is 28.7 Å². The molecule has 0 saturated heterocycles. The zero-order valence-corrected chi connectivity index (χ0v) is 10.6. The molecule has 15 heavy (non-hydrogen) atoms. The lowest BCUT2D eigenvalue weighted by Crippen LogP contribution is -2.26. The van der Waals surface area contributed by atoms with Crippen molar-refractivity contribution < 1.29 is 0 Å². The summed E-state index contributed by atoms with van der Waals surface area (Å²) in [6.45, 7) is 2.19. The van der Waals surface area contributed by atoms with Crippen molar-refractivity contribution in [3.05, 3.63) is 28.7 Å². The van der Waals surface area contributed by atoms with Crippen molar-refractivity contribution in [3.8, 4) is 0 Å². The molecule has 0 bridgehead atoms. The molecular weight excluding hydrogens is 252 g/mol. The van der Waals surface area contributed by atoms with Crippen LogP contribution in [-0.2, 0) is 0 Å². The molecule has 0 aliphatic heterocycles. The van der Waals surface area contributed by atoms with Crippen LogP contribution in [0.25, 0.3) is 0 Å². The lowest BCUT2D eigenvalue weighted by Gasteiger charge is -2.16. The maximum atomic E-state index is 3.50. The van der Waals surface area contributed by atoms with E-state index >= 15 is 0 Å². The van der Waals surface area contributed by atoms with Gasteiger partial charge in [-0.1, -0.05) is 22.0 Å². The van der Waals surface area contributed by atoms with Gasteiger partial charge in [-0.25, -0.2) is 0 Å². The summed E-state index contributed by atoms with van der Waals surface area (Å²) in [7, 11) is 2.03. The average molecular weight is 269 g/mol. The normalized spacial score (nSPS) is 17.5. The van der Waals surface area contributed by atoms with Gasteiger partial charge in [0.05, 0.1) is 0 Å². The van der Waals surface area contributed by atoms with Gasteiger partial charge in [0.25, 0.3) is 0 Å². The van der Waals surface area contributed by atoms with Crippen LogP contribution in [0.1, 0.15) is 12.8 Å². The summed E-state index contributed by atoms with van der Waals surface area (Å²) in [6.07, 6.45) is 2.68. The summed E-state index contributed by atoms with van der Waals surface area (Å²) in [4.78, 5) is 0. The molecule has 82 valence electrons. The SMILES string of the molecule is CNCC1(CNc2cccc(Br)c2)CC1. The Labute approximate surface area is 99.6 Å². The first kappa shape index (κ1) is 11.0. The van der Waals surface area contributed by atoms with E-state index in [1.54, 1.807) is 0 Å². The molecule has 1 fully saturated rings. The van der Waals surface area contributed by atoms with Crippen molar-refractivity contribution in [2.75, 3.05) is 25.5 Å². The molecule has 1 aromatic carbocycles. The van der Waals surface area contributed by atoms with Crippen LogP contribution in [0.4, 0.5) is 5.69 Å². The Morgan fingerprint density at radius 2 is 2.13 bits per heavy atom. The predicted molar refractivity (Wildman–Crippen MR) is 68.2 cm³/mol. The van der Waals surface area contributed by atoms with E-state index in [1.807, 2.05) is 13.1 Å². The van der Waals surface area contributed by atoms with Crippen LogP contribution in [-0.4, -0.2) is 20.1 Å². The number of nitrogens with one attached hydrogen (secondary N) is 2. The van der Waals surface area contributed by atoms with Gasteiger partial charge in [-0.05, 0) is 38.1 Å². The summed E-state index contributed by atoms with van der Waals surface area (Å²) in [5.74, 6) is 0. The molecule has 1 aliphatic rings. The van der Waals surface area contributed by atoms with E-state index < -0.39 is 0 Å². The Kier molecular flexibility index (Phi) is 3.32. The molecule has 3 heteroatoms.